The minimum Gasteiger partial charge on any atom is -0.342 e. The van der Waals surface area contributed by atoms with Gasteiger partial charge in [-0.2, -0.15) is 0 Å². The van der Waals surface area contributed by atoms with Crippen molar-refractivity contribution in [2.45, 2.75) is 33.1 Å². The van der Waals surface area contributed by atoms with Gasteiger partial charge in [-0.15, -0.1) is 0 Å². The lowest BCUT2D eigenvalue weighted by Gasteiger charge is -2.34. The number of amides is 2. The van der Waals surface area contributed by atoms with Gasteiger partial charge in [0.05, 0.1) is 0 Å². The van der Waals surface area contributed by atoms with Gasteiger partial charge in [-0.3, -0.25) is 9.59 Å². The molecular formula is C20H29N3O2. The maximum atomic E-state index is 12.9. The zero-order chi connectivity index (χ0) is 18.0. The Morgan fingerprint density at radius 1 is 1.16 bits per heavy atom. The number of anilines is 1. The highest BCUT2D eigenvalue weighted by Crippen LogP contribution is 2.29. The van der Waals surface area contributed by atoms with E-state index in [1.165, 1.54) is 0 Å². The van der Waals surface area contributed by atoms with Gasteiger partial charge >= 0.3 is 0 Å². The molecule has 2 saturated heterocycles. The first-order valence-corrected chi connectivity index (χ1v) is 9.32. The Bertz CT molecular complexity index is 636. The zero-order valence-electron chi connectivity index (χ0n) is 15.5. The van der Waals surface area contributed by atoms with Crippen molar-refractivity contribution >= 4 is 17.5 Å². The Balaban J connectivity index is 1.69. The van der Waals surface area contributed by atoms with E-state index in [9.17, 15) is 9.59 Å². The van der Waals surface area contributed by atoms with E-state index in [1.54, 1.807) is 4.90 Å². The summed E-state index contributed by atoms with van der Waals surface area (Å²) in [5, 5.41) is 3.20. The van der Waals surface area contributed by atoms with Crippen molar-refractivity contribution in [3.63, 3.8) is 0 Å². The standard InChI is InChI=1S/C20H29N3O2/c1-14-9-15(2)11-17(10-14)23-8-6-18(20(23)25)19(24)22-7-4-5-16(13-22)12-21-3/h9-11,16,18,21H,4-8,12-13H2,1-3H3. The molecule has 1 aromatic carbocycles. The molecule has 2 amide bonds. The van der Waals surface area contributed by atoms with E-state index in [0.717, 1.165) is 49.3 Å². The van der Waals surface area contributed by atoms with Crippen molar-refractivity contribution in [3.05, 3.63) is 29.3 Å². The van der Waals surface area contributed by atoms with E-state index in [2.05, 4.69) is 11.4 Å². The number of carbonyl (C=O) groups is 2. The minimum absolute atomic E-state index is 0.0256. The van der Waals surface area contributed by atoms with Gasteiger partial charge in [0.1, 0.15) is 5.92 Å². The van der Waals surface area contributed by atoms with Gasteiger partial charge in [-0.25, -0.2) is 0 Å². The van der Waals surface area contributed by atoms with Crippen molar-refractivity contribution < 1.29 is 9.59 Å². The van der Waals surface area contributed by atoms with Gasteiger partial charge in [0.2, 0.25) is 11.8 Å². The zero-order valence-corrected chi connectivity index (χ0v) is 15.5. The first-order chi connectivity index (χ1) is 12.0. The van der Waals surface area contributed by atoms with Crippen LogP contribution in [0.4, 0.5) is 5.69 Å². The van der Waals surface area contributed by atoms with Gasteiger partial charge in [0.15, 0.2) is 0 Å². The Morgan fingerprint density at radius 2 is 1.88 bits per heavy atom. The summed E-state index contributed by atoms with van der Waals surface area (Å²) in [6.07, 6.45) is 2.80. The average Bonchev–Trinajstić information content (AvgIpc) is 2.95. The van der Waals surface area contributed by atoms with Gasteiger partial charge in [-0.1, -0.05) is 6.07 Å². The molecule has 2 heterocycles. The van der Waals surface area contributed by atoms with Gasteiger partial charge < -0.3 is 15.1 Å². The third-order valence-electron chi connectivity index (χ3n) is 5.35. The second-order valence-corrected chi connectivity index (χ2v) is 7.53. The van der Waals surface area contributed by atoms with Gasteiger partial charge in [0, 0.05) is 25.3 Å². The molecular weight excluding hydrogens is 314 g/mol. The summed E-state index contributed by atoms with van der Waals surface area (Å²) in [6.45, 7) is 7.19. The third kappa shape index (κ3) is 3.87. The first kappa shape index (κ1) is 17.9. The normalized spacial score (nSPS) is 24.0. The number of nitrogens with one attached hydrogen (secondary N) is 1. The molecule has 5 nitrogen and oxygen atoms in total. The fourth-order valence-corrected chi connectivity index (χ4v) is 4.21. The molecule has 2 atom stereocenters. The molecule has 0 spiro atoms. The van der Waals surface area contributed by atoms with Crippen LogP contribution in [0.5, 0.6) is 0 Å². The highest BCUT2D eigenvalue weighted by atomic mass is 16.2. The summed E-state index contributed by atoms with van der Waals surface area (Å²) in [6, 6.07) is 6.16. The molecule has 2 unspecified atom stereocenters. The van der Waals surface area contributed by atoms with Crippen LogP contribution in [0.25, 0.3) is 0 Å². The second-order valence-electron chi connectivity index (χ2n) is 7.53. The quantitative estimate of drug-likeness (QED) is 0.852. The molecule has 136 valence electrons. The predicted molar refractivity (Wildman–Crippen MR) is 99.6 cm³/mol. The van der Waals surface area contributed by atoms with Gasteiger partial charge in [0.25, 0.3) is 0 Å². The van der Waals surface area contributed by atoms with E-state index in [-0.39, 0.29) is 11.8 Å². The van der Waals surface area contributed by atoms with Crippen molar-refractivity contribution in [2.24, 2.45) is 11.8 Å². The summed E-state index contributed by atoms with van der Waals surface area (Å²) in [7, 11) is 1.95. The molecule has 2 aliphatic heterocycles. The van der Waals surface area contributed by atoms with Crippen molar-refractivity contribution in [1.82, 2.24) is 10.2 Å². The Labute approximate surface area is 150 Å². The van der Waals surface area contributed by atoms with E-state index < -0.39 is 5.92 Å². The molecule has 0 bridgehead atoms. The molecule has 0 radical (unpaired) electrons. The molecule has 2 aliphatic rings. The highest BCUT2D eigenvalue weighted by molar-refractivity contribution is 6.09. The lowest BCUT2D eigenvalue weighted by molar-refractivity contribution is -0.141. The second kappa shape index (κ2) is 7.56. The maximum Gasteiger partial charge on any atom is 0.239 e. The Hall–Kier alpha value is -1.88. The van der Waals surface area contributed by atoms with Crippen LogP contribution in [0.15, 0.2) is 18.2 Å². The number of piperidine rings is 1. The summed E-state index contributed by atoms with van der Waals surface area (Å²) < 4.78 is 0. The van der Waals surface area contributed by atoms with Crippen molar-refractivity contribution in [3.8, 4) is 0 Å². The van der Waals surface area contributed by atoms with E-state index >= 15 is 0 Å². The Kier molecular flexibility index (Phi) is 5.42. The lowest BCUT2D eigenvalue weighted by Crippen LogP contribution is -2.46. The fourth-order valence-electron chi connectivity index (χ4n) is 4.21. The number of carbonyl (C=O) groups excluding carboxylic acids is 2. The third-order valence-corrected chi connectivity index (χ3v) is 5.35. The fraction of sp³-hybridized carbons (Fsp3) is 0.600. The summed E-state index contributed by atoms with van der Waals surface area (Å²) in [5.41, 5.74) is 3.21. The Morgan fingerprint density at radius 3 is 2.56 bits per heavy atom. The first-order valence-electron chi connectivity index (χ1n) is 9.32. The summed E-state index contributed by atoms with van der Waals surface area (Å²) >= 11 is 0. The number of nitrogens with zero attached hydrogens (tertiary/aromatic N) is 2. The monoisotopic (exact) mass is 343 g/mol. The smallest absolute Gasteiger partial charge is 0.239 e. The topological polar surface area (TPSA) is 52.7 Å². The van der Waals surface area contributed by atoms with Gasteiger partial charge in [-0.05, 0) is 75.9 Å². The average molecular weight is 343 g/mol. The maximum absolute atomic E-state index is 12.9. The SMILES string of the molecule is CNCC1CCCN(C(=O)C2CCN(c3cc(C)cc(C)c3)C2=O)C1. The molecule has 1 N–H and O–H groups in total. The summed E-state index contributed by atoms with van der Waals surface area (Å²) in [5.74, 6) is -0.0210. The van der Waals surface area contributed by atoms with Crippen LogP contribution in [-0.4, -0.2) is 49.9 Å². The van der Waals surface area contributed by atoms with Crippen LogP contribution in [-0.2, 0) is 9.59 Å². The molecule has 2 fully saturated rings. The molecule has 1 aromatic rings. The molecule has 5 heteroatoms. The van der Waals surface area contributed by atoms with Crippen LogP contribution in [0, 0.1) is 25.7 Å². The largest absolute Gasteiger partial charge is 0.342 e. The minimum atomic E-state index is -0.505. The van der Waals surface area contributed by atoms with E-state index in [0.29, 0.717) is 18.9 Å². The molecule has 0 aliphatic carbocycles. The predicted octanol–water partition coefficient (Wildman–Crippen LogP) is 2.11. The van der Waals surface area contributed by atoms with Crippen LogP contribution in [0.1, 0.15) is 30.4 Å². The highest BCUT2D eigenvalue weighted by Gasteiger charge is 2.40. The van der Waals surface area contributed by atoms with E-state index in [1.807, 2.05) is 37.9 Å². The van der Waals surface area contributed by atoms with Crippen LogP contribution in [0.2, 0.25) is 0 Å². The number of aryl methyl sites for hydroxylation is 2. The van der Waals surface area contributed by atoms with Crippen molar-refractivity contribution in [2.75, 3.05) is 38.1 Å². The number of likely N-dealkylation sites (tertiary alicyclic amines) is 1. The molecule has 3 rings (SSSR count). The molecule has 25 heavy (non-hydrogen) atoms. The molecule has 0 aromatic heterocycles. The van der Waals surface area contributed by atoms with Crippen molar-refractivity contribution in [1.29, 1.82) is 0 Å². The lowest BCUT2D eigenvalue weighted by atomic mass is 9.96. The van der Waals surface area contributed by atoms with Crippen LogP contribution < -0.4 is 10.2 Å². The number of hydrogen-bond acceptors (Lipinski definition) is 3. The van der Waals surface area contributed by atoms with Crippen LogP contribution >= 0.6 is 0 Å². The number of rotatable bonds is 4. The van der Waals surface area contributed by atoms with E-state index in [4.69, 9.17) is 0 Å². The van der Waals surface area contributed by atoms with Crippen LogP contribution in [0.3, 0.4) is 0 Å². The number of benzene rings is 1. The number of hydrogen-bond donors (Lipinski definition) is 1. The molecule has 0 saturated carbocycles. The summed E-state index contributed by atoms with van der Waals surface area (Å²) in [4.78, 5) is 29.5.